The minimum absolute atomic E-state index is 0.239. The molecule has 0 saturated heterocycles. The summed E-state index contributed by atoms with van der Waals surface area (Å²) in [6.45, 7) is 2.77. The highest BCUT2D eigenvalue weighted by molar-refractivity contribution is 7.09. The number of hydrogen-bond donors (Lipinski definition) is 1. The second-order valence-corrected chi connectivity index (χ2v) is 4.79. The van der Waals surface area contributed by atoms with Crippen molar-refractivity contribution in [2.45, 2.75) is 19.6 Å². The molecule has 1 atom stereocenters. The van der Waals surface area contributed by atoms with Gasteiger partial charge in [-0.05, 0) is 24.6 Å². The van der Waals surface area contributed by atoms with Crippen LogP contribution in [0, 0.1) is 0 Å². The third kappa shape index (κ3) is 3.28. The van der Waals surface area contributed by atoms with E-state index >= 15 is 0 Å². The van der Waals surface area contributed by atoms with Crippen LogP contribution in [0.4, 0.5) is 5.69 Å². The molecule has 90 valence electrons. The molecule has 0 bridgehead atoms. The highest BCUT2D eigenvalue weighted by Crippen LogP contribution is 2.21. The molecule has 0 spiro atoms. The molecule has 17 heavy (non-hydrogen) atoms. The first-order valence-electron chi connectivity index (χ1n) is 5.53. The fourth-order valence-corrected chi connectivity index (χ4v) is 2.27. The highest BCUT2D eigenvalue weighted by atomic mass is 32.1. The first kappa shape index (κ1) is 12.1. The van der Waals surface area contributed by atoms with Crippen molar-refractivity contribution in [3.63, 3.8) is 0 Å². The Morgan fingerprint density at radius 2 is 2.12 bits per heavy atom. The Morgan fingerprint density at radius 1 is 1.35 bits per heavy atom. The Morgan fingerprint density at radius 3 is 2.71 bits per heavy atom. The van der Waals surface area contributed by atoms with E-state index in [4.69, 9.17) is 4.74 Å². The quantitative estimate of drug-likeness (QED) is 0.879. The van der Waals surface area contributed by atoms with Crippen molar-refractivity contribution >= 4 is 17.0 Å². The lowest BCUT2D eigenvalue weighted by Gasteiger charge is -2.13. The summed E-state index contributed by atoms with van der Waals surface area (Å²) in [5, 5.41) is 6.52. The van der Waals surface area contributed by atoms with Crippen LogP contribution in [0.25, 0.3) is 0 Å². The molecule has 1 unspecified atom stereocenters. The van der Waals surface area contributed by atoms with E-state index in [-0.39, 0.29) is 6.04 Å². The molecule has 0 radical (unpaired) electrons. The van der Waals surface area contributed by atoms with E-state index in [0.29, 0.717) is 6.61 Å². The first-order chi connectivity index (χ1) is 8.29. The van der Waals surface area contributed by atoms with Crippen LogP contribution in [0.5, 0.6) is 0 Å². The van der Waals surface area contributed by atoms with Gasteiger partial charge in [0.05, 0.1) is 12.6 Å². The molecular formula is C13H16N2OS. The van der Waals surface area contributed by atoms with Gasteiger partial charge >= 0.3 is 0 Å². The number of rotatable bonds is 5. The topological polar surface area (TPSA) is 34.1 Å². The van der Waals surface area contributed by atoms with Gasteiger partial charge in [-0.25, -0.2) is 4.98 Å². The lowest BCUT2D eigenvalue weighted by atomic mass is 10.2. The van der Waals surface area contributed by atoms with Gasteiger partial charge in [0.15, 0.2) is 0 Å². The number of nitrogens with one attached hydrogen (secondary N) is 1. The Bertz CT molecular complexity index is 439. The first-order valence-corrected chi connectivity index (χ1v) is 6.41. The summed E-state index contributed by atoms with van der Waals surface area (Å²) in [4.78, 5) is 4.30. The second kappa shape index (κ2) is 5.80. The van der Waals surface area contributed by atoms with E-state index < -0.39 is 0 Å². The summed E-state index contributed by atoms with van der Waals surface area (Å²) in [5.41, 5.74) is 2.28. The van der Waals surface area contributed by atoms with Gasteiger partial charge in [-0.2, -0.15) is 0 Å². The lowest BCUT2D eigenvalue weighted by Crippen LogP contribution is -2.05. The summed E-state index contributed by atoms with van der Waals surface area (Å²) >= 11 is 1.67. The zero-order valence-electron chi connectivity index (χ0n) is 10.0. The van der Waals surface area contributed by atoms with Gasteiger partial charge in [0.25, 0.3) is 0 Å². The molecule has 2 rings (SSSR count). The molecular weight excluding hydrogens is 232 g/mol. The highest BCUT2D eigenvalue weighted by Gasteiger charge is 2.07. The van der Waals surface area contributed by atoms with Crippen molar-refractivity contribution in [3.05, 3.63) is 46.4 Å². The van der Waals surface area contributed by atoms with Gasteiger partial charge in [-0.3, -0.25) is 0 Å². The molecule has 0 amide bonds. The number of thiazole rings is 1. The maximum atomic E-state index is 5.08. The van der Waals surface area contributed by atoms with Crippen molar-refractivity contribution in [3.8, 4) is 0 Å². The Balaban J connectivity index is 1.99. The molecule has 0 aliphatic carbocycles. The van der Waals surface area contributed by atoms with E-state index in [0.717, 1.165) is 10.7 Å². The number of nitrogens with zero attached hydrogens (tertiary/aromatic N) is 1. The van der Waals surface area contributed by atoms with Crippen LogP contribution in [0.2, 0.25) is 0 Å². The third-order valence-electron chi connectivity index (χ3n) is 2.47. The zero-order chi connectivity index (χ0) is 12.1. The number of anilines is 1. The number of ether oxygens (including phenoxy) is 1. The van der Waals surface area contributed by atoms with E-state index in [1.54, 1.807) is 18.4 Å². The fourth-order valence-electron chi connectivity index (χ4n) is 1.62. The summed E-state index contributed by atoms with van der Waals surface area (Å²) in [5.74, 6) is 0. The average Bonchev–Trinajstić information content (AvgIpc) is 2.86. The van der Waals surface area contributed by atoms with Crippen LogP contribution in [-0.4, -0.2) is 12.1 Å². The van der Waals surface area contributed by atoms with Crippen molar-refractivity contribution in [1.29, 1.82) is 0 Å². The van der Waals surface area contributed by atoms with Crippen LogP contribution >= 0.6 is 11.3 Å². The predicted molar refractivity (Wildman–Crippen MR) is 71.3 cm³/mol. The van der Waals surface area contributed by atoms with E-state index in [1.807, 2.05) is 11.6 Å². The van der Waals surface area contributed by atoms with Gasteiger partial charge in [-0.1, -0.05) is 12.1 Å². The number of hydrogen-bond acceptors (Lipinski definition) is 4. The smallest absolute Gasteiger partial charge is 0.115 e. The molecule has 4 heteroatoms. The number of aromatic nitrogens is 1. The monoisotopic (exact) mass is 248 g/mol. The fraction of sp³-hybridized carbons (Fsp3) is 0.308. The number of methoxy groups -OCH3 is 1. The largest absolute Gasteiger partial charge is 0.380 e. The standard InChI is InChI=1S/C13H16N2OS/c1-10(13-14-7-8-17-13)15-12-5-3-11(4-6-12)9-16-2/h3-8,10,15H,9H2,1-2H3. The van der Waals surface area contributed by atoms with Gasteiger partial charge in [0.1, 0.15) is 5.01 Å². The number of benzene rings is 1. The van der Waals surface area contributed by atoms with E-state index in [1.165, 1.54) is 5.56 Å². The third-order valence-corrected chi connectivity index (χ3v) is 3.43. The SMILES string of the molecule is COCc1ccc(NC(C)c2nccs2)cc1. The van der Waals surface area contributed by atoms with Gasteiger partial charge in [0, 0.05) is 24.4 Å². The van der Waals surface area contributed by atoms with Gasteiger partial charge in [0.2, 0.25) is 0 Å². The van der Waals surface area contributed by atoms with Crippen LogP contribution in [-0.2, 0) is 11.3 Å². The predicted octanol–water partition coefficient (Wildman–Crippen LogP) is 3.46. The Kier molecular flexibility index (Phi) is 4.12. The minimum atomic E-state index is 0.239. The average molecular weight is 248 g/mol. The summed E-state index contributed by atoms with van der Waals surface area (Å²) in [6, 6.07) is 8.51. The summed E-state index contributed by atoms with van der Waals surface area (Å²) in [7, 11) is 1.71. The summed E-state index contributed by atoms with van der Waals surface area (Å²) in [6.07, 6.45) is 1.83. The lowest BCUT2D eigenvalue weighted by molar-refractivity contribution is 0.185. The molecule has 3 nitrogen and oxygen atoms in total. The van der Waals surface area contributed by atoms with Crippen molar-refractivity contribution in [1.82, 2.24) is 4.98 Å². The zero-order valence-corrected chi connectivity index (χ0v) is 10.8. The van der Waals surface area contributed by atoms with Crippen LogP contribution < -0.4 is 5.32 Å². The van der Waals surface area contributed by atoms with Crippen molar-refractivity contribution < 1.29 is 4.74 Å². The van der Waals surface area contributed by atoms with Crippen molar-refractivity contribution in [2.75, 3.05) is 12.4 Å². The van der Waals surface area contributed by atoms with Gasteiger partial charge in [-0.15, -0.1) is 11.3 Å². The van der Waals surface area contributed by atoms with E-state index in [2.05, 4.69) is 41.5 Å². The maximum absolute atomic E-state index is 5.08. The molecule has 1 heterocycles. The van der Waals surface area contributed by atoms with Crippen LogP contribution in [0.3, 0.4) is 0 Å². The molecule has 0 aliphatic heterocycles. The molecule has 0 aliphatic rings. The summed E-state index contributed by atoms with van der Waals surface area (Å²) < 4.78 is 5.08. The van der Waals surface area contributed by atoms with E-state index in [9.17, 15) is 0 Å². The Hall–Kier alpha value is -1.39. The molecule has 0 saturated carbocycles. The minimum Gasteiger partial charge on any atom is -0.380 e. The van der Waals surface area contributed by atoms with Crippen LogP contribution in [0.15, 0.2) is 35.8 Å². The Labute approximate surface area is 105 Å². The maximum Gasteiger partial charge on any atom is 0.115 e. The van der Waals surface area contributed by atoms with Gasteiger partial charge < -0.3 is 10.1 Å². The second-order valence-electron chi connectivity index (χ2n) is 3.87. The van der Waals surface area contributed by atoms with Crippen LogP contribution in [0.1, 0.15) is 23.5 Å². The molecule has 0 fully saturated rings. The molecule has 1 N–H and O–H groups in total. The molecule has 1 aromatic carbocycles. The molecule has 1 aromatic heterocycles. The normalized spacial score (nSPS) is 12.4. The van der Waals surface area contributed by atoms with Crippen molar-refractivity contribution in [2.24, 2.45) is 0 Å². The molecule has 2 aromatic rings.